The highest BCUT2D eigenvalue weighted by Gasteiger charge is 2.16. The van der Waals surface area contributed by atoms with Crippen LogP contribution < -0.4 is 10.6 Å². The Morgan fingerprint density at radius 1 is 1.09 bits per heavy atom. The molecule has 5 heteroatoms. The molecule has 1 aromatic carbocycles. The van der Waals surface area contributed by atoms with E-state index < -0.39 is 0 Å². The Morgan fingerprint density at radius 3 is 2.45 bits per heavy atom. The number of carbonyl (C=O) groups is 2. The summed E-state index contributed by atoms with van der Waals surface area (Å²) in [7, 11) is 0. The fourth-order valence-corrected chi connectivity index (χ4v) is 2.13. The van der Waals surface area contributed by atoms with Gasteiger partial charge in [-0.2, -0.15) is 0 Å². The molecule has 1 atom stereocenters. The zero-order chi connectivity index (χ0) is 15.8. The summed E-state index contributed by atoms with van der Waals surface area (Å²) in [6, 6.07) is 14.7. The number of carbonyl (C=O) groups excluding carboxylic acids is 2. The summed E-state index contributed by atoms with van der Waals surface area (Å²) in [6.45, 7) is 1.82. The van der Waals surface area contributed by atoms with Gasteiger partial charge in [0.2, 0.25) is 11.8 Å². The molecule has 1 heterocycles. The summed E-state index contributed by atoms with van der Waals surface area (Å²) < 4.78 is 0. The van der Waals surface area contributed by atoms with E-state index in [1.54, 1.807) is 6.20 Å². The second-order valence-electron chi connectivity index (χ2n) is 4.97. The fraction of sp³-hybridized carbons (Fsp3) is 0.235. The van der Waals surface area contributed by atoms with Gasteiger partial charge in [-0.3, -0.25) is 14.6 Å². The van der Waals surface area contributed by atoms with Crippen molar-refractivity contribution in [1.29, 1.82) is 0 Å². The SMILES string of the molecule is CC(=O)NC(CC(=O)NCc1ccccn1)c1ccccc1. The molecule has 2 N–H and O–H groups in total. The Balaban J connectivity index is 1.95. The van der Waals surface area contributed by atoms with E-state index in [2.05, 4.69) is 15.6 Å². The van der Waals surface area contributed by atoms with E-state index in [1.165, 1.54) is 6.92 Å². The van der Waals surface area contributed by atoms with Gasteiger partial charge >= 0.3 is 0 Å². The van der Waals surface area contributed by atoms with Gasteiger partial charge in [-0.15, -0.1) is 0 Å². The topological polar surface area (TPSA) is 71.1 Å². The summed E-state index contributed by atoms with van der Waals surface area (Å²) in [5.41, 5.74) is 1.71. The molecule has 0 fully saturated rings. The lowest BCUT2D eigenvalue weighted by Crippen LogP contribution is -2.32. The number of amides is 2. The average molecular weight is 297 g/mol. The molecular weight excluding hydrogens is 278 g/mol. The Bertz CT molecular complexity index is 614. The molecule has 0 radical (unpaired) electrons. The first-order valence-electron chi connectivity index (χ1n) is 7.14. The number of rotatable bonds is 6. The van der Waals surface area contributed by atoms with E-state index in [0.29, 0.717) is 6.54 Å². The third-order valence-corrected chi connectivity index (χ3v) is 3.16. The highest BCUT2D eigenvalue weighted by atomic mass is 16.2. The van der Waals surface area contributed by atoms with Crippen molar-refractivity contribution >= 4 is 11.8 Å². The molecule has 2 aromatic rings. The van der Waals surface area contributed by atoms with Crippen molar-refractivity contribution < 1.29 is 9.59 Å². The minimum atomic E-state index is -0.331. The first-order valence-corrected chi connectivity index (χ1v) is 7.14. The summed E-state index contributed by atoms with van der Waals surface area (Å²) in [4.78, 5) is 27.6. The number of benzene rings is 1. The normalized spacial score (nSPS) is 11.5. The zero-order valence-corrected chi connectivity index (χ0v) is 12.5. The predicted octanol–water partition coefficient (Wildman–Crippen LogP) is 1.97. The molecule has 22 heavy (non-hydrogen) atoms. The van der Waals surface area contributed by atoms with E-state index in [4.69, 9.17) is 0 Å². The van der Waals surface area contributed by atoms with Crippen LogP contribution in [0, 0.1) is 0 Å². The summed E-state index contributed by atoms with van der Waals surface area (Å²) in [5.74, 6) is -0.292. The number of hydrogen-bond acceptors (Lipinski definition) is 3. The zero-order valence-electron chi connectivity index (χ0n) is 12.5. The lowest BCUT2D eigenvalue weighted by atomic mass is 10.0. The Hall–Kier alpha value is -2.69. The van der Waals surface area contributed by atoms with Crippen LogP contribution in [-0.4, -0.2) is 16.8 Å². The van der Waals surface area contributed by atoms with Crippen molar-refractivity contribution in [2.45, 2.75) is 25.9 Å². The van der Waals surface area contributed by atoms with Crippen LogP contribution in [-0.2, 0) is 16.1 Å². The van der Waals surface area contributed by atoms with Crippen LogP contribution in [0.4, 0.5) is 0 Å². The van der Waals surface area contributed by atoms with E-state index in [9.17, 15) is 9.59 Å². The molecule has 2 amide bonds. The van der Waals surface area contributed by atoms with Crippen molar-refractivity contribution in [3.63, 3.8) is 0 Å². The van der Waals surface area contributed by atoms with Gasteiger partial charge in [-0.25, -0.2) is 0 Å². The van der Waals surface area contributed by atoms with Gasteiger partial charge in [-0.05, 0) is 17.7 Å². The molecule has 1 aromatic heterocycles. The summed E-state index contributed by atoms with van der Waals surface area (Å²) in [5, 5.41) is 5.63. The van der Waals surface area contributed by atoms with Crippen molar-refractivity contribution in [1.82, 2.24) is 15.6 Å². The minimum absolute atomic E-state index is 0.131. The lowest BCUT2D eigenvalue weighted by Gasteiger charge is -2.18. The van der Waals surface area contributed by atoms with Gasteiger partial charge in [0.1, 0.15) is 0 Å². The first kappa shape index (κ1) is 15.7. The summed E-state index contributed by atoms with van der Waals surface area (Å²) >= 11 is 0. The third-order valence-electron chi connectivity index (χ3n) is 3.16. The number of hydrogen-bond donors (Lipinski definition) is 2. The maximum absolute atomic E-state index is 12.1. The van der Waals surface area contributed by atoms with Gasteiger partial charge < -0.3 is 10.6 Å². The van der Waals surface area contributed by atoms with E-state index in [-0.39, 0.29) is 24.3 Å². The summed E-state index contributed by atoms with van der Waals surface area (Å²) in [6.07, 6.45) is 1.88. The molecule has 114 valence electrons. The second-order valence-corrected chi connectivity index (χ2v) is 4.97. The van der Waals surface area contributed by atoms with Crippen LogP contribution in [0.1, 0.15) is 30.6 Å². The largest absolute Gasteiger partial charge is 0.350 e. The Kier molecular flexibility index (Phi) is 5.65. The third kappa shape index (κ3) is 5.01. The van der Waals surface area contributed by atoms with Gasteiger partial charge in [-0.1, -0.05) is 36.4 Å². The van der Waals surface area contributed by atoms with Crippen LogP contribution in [0.2, 0.25) is 0 Å². The molecule has 0 aliphatic heterocycles. The quantitative estimate of drug-likeness (QED) is 0.856. The molecule has 0 bridgehead atoms. The monoisotopic (exact) mass is 297 g/mol. The molecule has 0 aliphatic carbocycles. The molecule has 0 spiro atoms. The van der Waals surface area contributed by atoms with Crippen LogP contribution >= 0.6 is 0 Å². The van der Waals surface area contributed by atoms with Crippen LogP contribution in [0.25, 0.3) is 0 Å². The van der Waals surface area contributed by atoms with Crippen LogP contribution in [0.5, 0.6) is 0 Å². The lowest BCUT2D eigenvalue weighted by molar-refractivity contribution is -0.122. The minimum Gasteiger partial charge on any atom is -0.350 e. The van der Waals surface area contributed by atoms with Crippen LogP contribution in [0.15, 0.2) is 54.7 Å². The van der Waals surface area contributed by atoms with Gasteiger partial charge in [0.05, 0.1) is 24.7 Å². The maximum Gasteiger partial charge on any atom is 0.222 e. The maximum atomic E-state index is 12.1. The van der Waals surface area contributed by atoms with E-state index in [0.717, 1.165) is 11.3 Å². The van der Waals surface area contributed by atoms with Crippen molar-refractivity contribution in [2.24, 2.45) is 0 Å². The number of aromatic nitrogens is 1. The molecule has 5 nitrogen and oxygen atoms in total. The highest BCUT2D eigenvalue weighted by molar-refractivity contribution is 5.79. The Labute approximate surface area is 129 Å². The second kappa shape index (κ2) is 7.93. The van der Waals surface area contributed by atoms with Crippen LogP contribution in [0.3, 0.4) is 0 Å². The van der Waals surface area contributed by atoms with E-state index in [1.807, 2.05) is 48.5 Å². The van der Waals surface area contributed by atoms with E-state index >= 15 is 0 Å². The first-order chi connectivity index (χ1) is 10.6. The van der Waals surface area contributed by atoms with Gasteiger partial charge in [0, 0.05) is 13.1 Å². The molecule has 0 saturated heterocycles. The molecule has 1 unspecified atom stereocenters. The average Bonchev–Trinajstić information content (AvgIpc) is 2.54. The molecule has 2 rings (SSSR count). The van der Waals surface area contributed by atoms with Crippen molar-refractivity contribution in [2.75, 3.05) is 0 Å². The number of nitrogens with one attached hydrogen (secondary N) is 2. The van der Waals surface area contributed by atoms with Crippen molar-refractivity contribution in [3.8, 4) is 0 Å². The molecule has 0 aliphatic rings. The standard InChI is InChI=1S/C17H19N3O2/c1-13(21)20-16(14-7-3-2-4-8-14)11-17(22)19-12-15-9-5-6-10-18-15/h2-10,16H,11-12H2,1H3,(H,19,22)(H,20,21). The predicted molar refractivity (Wildman–Crippen MR) is 83.7 cm³/mol. The van der Waals surface area contributed by atoms with Crippen molar-refractivity contribution in [3.05, 3.63) is 66.0 Å². The number of pyridine rings is 1. The van der Waals surface area contributed by atoms with Gasteiger partial charge in [0.25, 0.3) is 0 Å². The smallest absolute Gasteiger partial charge is 0.222 e. The fourth-order valence-electron chi connectivity index (χ4n) is 2.13. The highest BCUT2D eigenvalue weighted by Crippen LogP contribution is 2.16. The molecule has 0 saturated carbocycles. The Morgan fingerprint density at radius 2 is 1.82 bits per heavy atom. The van der Waals surface area contributed by atoms with Gasteiger partial charge in [0.15, 0.2) is 0 Å². The number of nitrogens with zero attached hydrogens (tertiary/aromatic N) is 1. The molecular formula is C17H19N3O2.